The van der Waals surface area contributed by atoms with Gasteiger partial charge < -0.3 is 19.3 Å². The largest absolute Gasteiger partial charge is 0.478 e. The van der Waals surface area contributed by atoms with Crippen LogP contribution in [0, 0.1) is 0 Å². The fourth-order valence-corrected chi connectivity index (χ4v) is 4.86. The van der Waals surface area contributed by atoms with E-state index in [1.807, 2.05) is 18.2 Å². The SMILES string of the molecule is CC(C)(C)OC(=O)NC1=Nc2cc(Br)ccc2C=C(C(=O)O)C1.CCOC(=O)C1=Cc2ccc(Br)cc2N=C(NC(=O)OC(C)(C)C)C1. The van der Waals surface area contributed by atoms with Crippen molar-refractivity contribution < 1.29 is 38.5 Å². The number of hydrogen-bond acceptors (Lipinski definition) is 9. The van der Waals surface area contributed by atoms with Crippen LogP contribution in [-0.2, 0) is 23.8 Å². The lowest BCUT2D eigenvalue weighted by Gasteiger charge is -2.20. The third kappa shape index (κ3) is 12.4. The van der Waals surface area contributed by atoms with Gasteiger partial charge in [0.25, 0.3) is 0 Å². The highest BCUT2D eigenvalue weighted by Crippen LogP contribution is 2.31. The Morgan fingerprint density at radius 3 is 1.56 bits per heavy atom. The van der Waals surface area contributed by atoms with Crippen molar-refractivity contribution in [2.45, 2.75) is 72.5 Å². The van der Waals surface area contributed by atoms with Gasteiger partial charge in [-0.1, -0.05) is 44.0 Å². The number of aliphatic carboxylic acids is 1. The molecular formula is C34H38Br2N4O8. The molecule has 0 saturated heterocycles. The summed E-state index contributed by atoms with van der Waals surface area (Å²) in [5.74, 6) is -0.938. The van der Waals surface area contributed by atoms with Crippen LogP contribution < -0.4 is 10.6 Å². The molecule has 3 N–H and O–H groups in total. The van der Waals surface area contributed by atoms with Crippen molar-refractivity contribution in [2.75, 3.05) is 6.61 Å². The maximum atomic E-state index is 12.2. The number of carbonyl (C=O) groups excluding carboxylic acids is 3. The Kier molecular flexibility index (Phi) is 12.9. The van der Waals surface area contributed by atoms with Gasteiger partial charge in [-0.05, 0) is 84.9 Å². The summed E-state index contributed by atoms with van der Waals surface area (Å²) in [6.07, 6.45) is 2.14. The van der Waals surface area contributed by atoms with Crippen LogP contribution in [0.3, 0.4) is 0 Å². The summed E-state index contributed by atoms with van der Waals surface area (Å²) < 4.78 is 17.2. The highest BCUT2D eigenvalue weighted by molar-refractivity contribution is 9.10. The van der Waals surface area contributed by atoms with Crippen molar-refractivity contribution in [3.63, 3.8) is 0 Å². The summed E-state index contributed by atoms with van der Waals surface area (Å²) in [5, 5.41) is 14.5. The zero-order chi connectivity index (χ0) is 35.8. The number of nitrogens with one attached hydrogen (secondary N) is 2. The Labute approximate surface area is 296 Å². The fourth-order valence-electron chi connectivity index (χ4n) is 4.16. The number of aliphatic imine (C=N–C) groups is 2. The molecule has 4 rings (SSSR count). The Balaban J connectivity index is 0.000000261. The monoisotopic (exact) mass is 788 g/mol. The van der Waals surface area contributed by atoms with Gasteiger partial charge in [0.1, 0.15) is 22.9 Å². The van der Waals surface area contributed by atoms with Crippen molar-refractivity contribution in [3.8, 4) is 0 Å². The van der Waals surface area contributed by atoms with Crippen molar-refractivity contribution >= 4 is 91.2 Å². The maximum Gasteiger partial charge on any atom is 0.413 e. The van der Waals surface area contributed by atoms with Crippen LogP contribution in [0.15, 0.2) is 66.5 Å². The Morgan fingerprint density at radius 1 is 0.750 bits per heavy atom. The molecule has 0 fully saturated rings. The lowest BCUT2D eigenvalue weighted by Crippen LogP contribution is -2.36. The molecule has 0 spiro atoms. The molecular weight excluding hydrogens is 752 g/mol. The second kappa shape index (κ2) is 16.2. The minimum Gasteiger partial charge on any atom is -0.478 e. The topological polar surface area (TPSA) is 165 Å². The number of carboxylic acids is 1. The number of hydrogen-bond donors (Lipinski definition) is 3. The van der Waals surface area contributed by atoms with Crippen LogP contribution in [-0.4, -0.2) is 58.7 Å². The van der Waals surface area contributed by atoms with E-state index >= 15 is 0 Å². The molecule has 2 amide bonds. The summed E-state index contributed by atoms with van der Waals surface area (Å²) >= 11 is 6.75. The van der Waals surface area contributed by atoms with Crippen molar-refractivity contribution in [1.82, 2.24) is 10.6 Å². The lowest BCUT2D eigenvalue weighted by atomic mass is 10.1. The minimum atomic E-state index is -1.06. The number of halogens is 2. The van der Waals surface area contributed by atoms with E-state index in [0.29, 0.717) is 28.3 Å². The number of amides is 2. The molecule has 0 radical (unpaired) electrons. The van der Waals surface area contributed by atoms with Gasteiger partial charge in [0.2, 0.25) is 0 Å². The third-order valence-electron chi connectivity index (χ3n) is 5.97. The van der Waals surface area contributed by atoms with E-state index in [9.17, 15) is 24.3 Å². The fraction of sp³-hybridized carbons (Fsp3) is 0.353. The van der Waals surface area contributed by atoms with Gasteiger partial charge in [0.05, 0.1) is 18.0 Å². The number of alkyl carbamates (subject to hydrolysis) is 2. The van der Waals surface area contributed by atoms with Crippen LogP contribution >= 0.6 is 31.9 Å². The zero-order valence-corrected chi connectivity index (χ0v) is 30.9. The Morgan fingerprint density at radius 2 is 1.17 bits per heavy atom. The number of carboxylic acid groups (broad SMARTS) is 1. The molecule has 0 atom stereocenters. The van der Waals surface area contributed by atoms with E-state index in [1.54, 1.807) is 78.8 Å². The highest BCUT2D eigenvalue weighted by atomic mass is 79.9. The molecule has 0 aliphatic carbocycles. The van der Waals surface area contributed by atoms with Gasteiger partial charge in [0, 0.05) is 44.1 Å². The van der Waals surface area contributed by atoms with E-state index in [-0.39, 0.29) is 30.9 Å². The number of benzene rings is 2. The number of rotatable bonds is 3. The Hall–Kier alpha value is -4.30. The molecule has 48 heavy (non-hydrogen) atoms. The van der Waals surface area contributed by atoms with Gasteiger partial charge >= 0.3 is 24.1 Å². The van der Waals surface area contributed by atoms with Crippen molar-refractivity contribution in [3.05, 3.63) is 67.6 Å². The first-order valence-electron chi connectivity index (χ1n) is 14.9. The number of amidine groups is 2. The summed E-state index contributed by atoms with van der Waals surface area (Å²) in [5.41, 5.74) is 1.93. The predicted octanol–water partition coefficient (Wildman–Crippen LogP) is 8.23. The van der Waals surface area contributed by atoms with Gasteiger partial charge in [-0.3, -0.25) is 10.6 Å². The van der Waals surface area contributed by atoms with E-state index in [4.69, 9.17) is 14.2 Å². The van der Waals surface area contributed by atoms with Gasteiger partial charge in [-0.25, -0.2) is 29.2 Å². The number of ether oxygens (including phenoxy) is 3. The maximum absolute atomic E-state index is 12.2. The normalized spacial score (nSPS) is 13.9. The summed E-state index contributed by atoms with van der Waals surface area (Å²) in [6, 6.07) is 10.8. The third-order valence-corrected chi connectivity index (χ3v) is 6.96. The number of esters is 1. The number of fused-ring (bicyclic) bond motifs is 2. The zero-order valence-electron chi connectivity index (χ0n) is 27.7. The molecule has 0 saturated carbocycles. The molecule has 14 heteroatoms. The molecule has 256 valence electrons. The first kappa shape index (κ1) is 38.2. The molecule has 2 aliphatic heterocycles. The van der Waals surface area contributed by atoms with E-state index in [1.165, 1.54) is 0 Å². The van der Waals surface area contributed by atoms with Crippen molar-refractivity contribution in [2.24, 2.45) is 9.98 Å². The second-order valence-corrected chi connectivity index (χ2v) is 14.3. The molecule has 0 aromatic heterocycles. The molecule has 2 aliphatic rings. The smallest absolute Gasteiger partial charge is 0.413 e. The van der Waals surface area contributed by atoms with Crippen LogP contribution in [0.5, 0.6) is 0 Å². The van der Waals surface area contributed by atoms with Crippen LogP contribution in [0.1, 0.15) is 72.4 Å². The summed E-state index contributed by atoms with van der Waals surface area (Å²) in [6.45, 7) is 12.6. The molecule has 2 heterocycles. The summed E-state index contributed by atoms with van der Waals surface area (Å²) in [7, 11) is 0. The molecule has 12 nitrogen and oxygen atoms in total. The quantitative estimate of drug-likeness (QED) is 0.207. The summed E-state index contributed by atoms with van der Waals surface area (Å²) in [4.78, 5) is 56.4. The standard InChI is InChI=1S/C18H21BrN2O4.C16H17BrN2O4/c1-5-24-16(22)12-8-11-6-7-13(19)10-14(11)20-15(9-12)21-17(23)25-18(2,3)4;1-16(2,3)23-15(22)19-13-7-10(14(20)21)6-9-4-5-11(17)8-12(9)18-13/h6-8,10H,5,9H2,1-4H3,(H,20,21,23);4-6,8H,7H2,1-3H3,(H,20,21)(H,18,19,22). The van der Waals surface area contributed by atoms with E-state index < -0.39 is 35.3 Å². The first-order chi connectivity index (χ1) is 22.3. The number of nitrogens with zero attached hydrogens (tertiary/aromatic N) is 2. The molecule has 0 unspecified atom stereocenters. The minimum absolute atomic E-state index is 0.000868. The van der Waals surface area contributed by atoms with Gasteiger partial charge in [0.15, 0.2) is 0 Å². The molecule has 0 bridgehead atoms. The second-order valence-electron chi connectivity index (χ2n) is 12.5. The highest BCUT2D eigenvalue weighted by Gasteiger charge is 2.24. The lowest BCUT2D eigenvalue weighted by molar-refractivity contribution is -0.138. The average molecular weight is 791 g/mol. The van der Waals surface area contributed by atoms with Crippen molar-refractivity contribution in [1.29, 1.82) is 0 Å². The number of carbonyl (C=O) groups is 4. The Bertz CT molecular complexity index is 1720. The molecule has 2 aromatic carbocycles. The van der Waals surface area contributed by atoms with E-state index in [2.05, 4.69) is 52.5 Å². The van der Waals surface area contributed by atoms with Crippen LogP contribution in [0.25, 0.3) is 12.2 Å². The van der Waals surface area contributed by atoms with Gasteiger partial charge in [-0.15, -0.1) is 0 Å². The van der Waals surface area contributed by atoms with Gasteiger partial charge in [-0.2, -0.15) is 0 Å². The predicted molar refractivity (Wildman–Crippen MR) is 191 cm³/mol. The van der Waals surface area contributed by atoms with E-state index in [0.717, 1.165) is 14.5 Å². The molecule has 2 aromatic rings. The van der Waals surface area contributed by atoms with Crippen LogP contribution in [0.4, 0.5) is 21.0 Å². The van der Waals surface area contributed by atoms with Crippen LogP contribution in [0.2, 0.25) is 0 Å². The average Bonchev–Trinajstić information content (AvgIpc) is 3.22. The first-order valence-corrected chi connectivity index (χ1v) is 16.5.